The Morgan fingerprint density at radius 3 is 2.82 bits per heavy atom. The van der Waals surface area contributed by atoms with Crippen molar-refractivity contribution in [2.75, 3.05) is 5.32 Å². The number of hydrazone groups is 1. The number of anilines is 2. The van der Waals surface area contributed by atoms with E-state index >= 15 is 0 Å². The largest absolute Gasteiger partial charge is 0.353 e. The van der Waals surface area contributed by atoms with Crippen molar-refractivity contribution in [3.05, 3.63) is 83.9 Å². The molecule has 0 fully saturated rings. The first-order chi connectivity index (χ1) is 16.6. The van der Waals surface area contributed by atoms with E-state index < -0.39 is 0 Å². The lowest BCUT2D eigenvalue weighted by atomic mass is 10.1. The van der Waals surface area contributed by atoms with E-state index in [9.17, 15) is 4.39 Å². The van der Waals surface area contributed by atoms with Crippen molar-refractivity contribution in [1.82, 2.24) is 25.4 Å². The van der Waals surface area contributed by atoms with Gasteiger partial charge in [-0.2, -0.15) is 5.10 Å². The number of halogens is 1. The van der Waals surface area contributed by atoms with Crippen LogP contribution >= 0.6 is 11.3 Å². The lowest BCUT2D eigenvalue weighted by Crippen LogP contribution is -1.99. The van der Waals surface area contributed by atoms with Crippen molar-refractivity contribution in [2.45, 2.75) is 6.92 Å². The van der Waals surface area contributed by atoms with Gasteiger partial charge in [-0.1, -0.05) is 12.1 Å². The molecule has 5 rings (SSSR count). The van der Waals surface area contributed by atoms with Gasteiger partial charge in [0.1, 0.15) is 16.6 Å². The zero-order chi connectivity index (χ0) is 23.5. The molecule has 0 saturated heterocycles. The van der Waals surface area contributed by atoms with Gasteiger partial charge in [0.15, 0.2) is 5.82 Å². The Morgan fingerprint density at radius 2 is 2.03 bits per heavy atom. The molecule has 0 atom stereocenters. The van der Waals surface area contributed by atoms with E-state index in [1.165, 1.54) is 6.07 Å². The molecule has 0 spiro atoms. The number of allylic oxidation sites excluding steroid dienone is 1. The molecule has 0 radical (unpaired) electrons. The molecular formula is C25H20FN7S. The number of fused-ring (bicyclic) bond motifs is 1. The first-order valence-electron chi connectivity index (χ1n) is 10.4. The third kappa shape index (κ3) is 4.41. The second-order valence-electron chi connectivity index (χ2n) is 7.52. The number of H-pyrrole nitrogens is 1. The molecule has 9 heteroatoms. The number of hydrogen-bond donors (Lipinski definition) is 3. The van der Waals surface area contributed by atoms with E-state index in [-0.39, 0.29) is 5.82 Å². The summed E-state index contributed by atoms with van der Waals surface area (Å²) in [5.74, 6) is 0.778. The van der Waals surface area contributed by atoms with Gasteiger partial charge in [-0.3, -0.25) is 5.43 Å². The third-order valence-corrected chi connectivity index (χ3v) is 6.04. The molecule has 34 heavy (non-hydrogen) atoms. The molecule has 7 nitrogen and oxygen atoms in total. The van der Waals surface area contributed by atoms with Crippen LogP contribution in [-0.4, -0.2) is 26.7 Å². The standard InChI is InChI=1S/C25H20FN7S/c1-15(14-30-27-2)19-6-5-18(13-20(19)26)31-23-7-8-28-24(33-23)17-4-3-16-11-22(32-21(16)12-17)25-29-9-10-34-25/h3-14,30,32H,2H2,1H3,(H,28,31,33)/b15-14+. The molecule has 168 valence electrons. The van der Waals surface area contributed by atoms with Crippen LogP contribution in [0.2, 0.25) is 0 Å². The summed E-state index contributed by atoms with van der Waals surface area (Å²) >= 11 is 1.59. The zero-order valence-electron chi connectivity index (χ0n) is 18.2. The fraction of sp³-hybridized carbons (Fsp3) is 0.0400. The molecule has 0 unspecified atom stereocenters. The minimum absolute atomic E-state index is 0.355. The van der Waals surface area contributed by atoms with Gasteiger partial charge < -0.3 is 10.3 Å². The van der Waals surface area contributed by atoms with Gasteiger partial charge in [-0.05, 0) is 48.9 Å². The number of thiazole rings is 1. The summed E-state index contributed by atoms with van der Waals surface area (Å²) in [5.41, 5.74) is 7.21. The Kier molecular flexibility index (Phi) is 5.84. The van der Waals surface area contributed by atoms with Gasteiger partial charge in [0, 0.05) is 58.4 Å². The van der Waals surface area contributed by atoms with Crippen molar-refractivity contribution < 1.29 is 4.39 Å². The minimum Gasteiger partial charge on any atom is -0.353 e. The van der Waals surface area contributed by atoms with E-state index in [1.807, 2.05) is 23.6 Å². The van der Waals surface area contributed by atoms with Gasteiger partial charge in [0.25, 0.3) is 0 Å². The molecule has 3 heterocycles. The Labute approximate surface area is 199 Å². The summed E-state index contributed by atoms with van der Waals surface area (Å²) in [6.07, 6.45) is 5.06. The number of aromatic amines is 1. The summed E-state index contributed by atoms with van der Waals surface area (Å²) < 4.78 is 14.6. The second-order valence-corrected chi connectivity index (χ2v) is 8.42. The van der Waals surface area contributed by atoms with E-state index in [4.69, 9.17) is 0 Å². The van der Waals surface area contributed by atoms with Crippen LogP contribution in [0.25, 0.3) is 38.6 Å². The van der Waals surface area contributed by atoms with Gasteiger partial charge >= 0.3 is 0 Å². The van der Waals surface area contributed by atoms with Crippen LogP contribution in [0.1, 0.15) is 12.5 Å². The lowest BCUT2D eigenvalue weighted by Gasteiger charge is -2.10. The highest BCUT2D eigenvalue weighted by Gasteiger charge is 2.10. The fourth-order valence-electron chi connectivity index (χ4n) is 3.59. The first-order valence-corrected chi connectivity index (χ1v) is 11.3. The summed E-state index contributed by atoms with van der Waals surface area (Å²) in [7, 11) is 0. The first kappa shape index (κ1) is 21.5. The highest BCUT2D eigenvalue weighted by molar-refractivity contribution is 7.13. The predicted molar refractivity (Wildman–Crippen MR) is 136 cm³/mol. The van der Waals surface area contributed by atoms with Crippen LogP contribution in [0.3, 0.4) is 0 Å². The van der Waals surface area contributed by atoms with Crippen molar-refractivity contribution in [1.29, 1.82) is 0 Å². The SMILES string of the molecule is C=NN/C=C(\C)c1ccc(Nc2ccnc(-c3ccc4cc(-c5nccs5)[nH]c4c3)n2)cc1F. The number of rotatable bonds is 7. The second kappa shape index (κ2) is 9.24. The maximum atomic E-state index is 14.6. The summed E-state index contributed by atoms with van der Waals surface area (Å²) in [6.45, 7) is 5.13. The number of benzene rings is 2. The molecule has 0 aliphatic carbocycles. The molecule has 3 aromatic heterocycles. The molecule has 0 saturated carbocycles. The smallest absolute Gasteiger partial charge is 0.161 e. The number of nitrogens with zero attached hydrogens (tertiary/aromatic N) is 4. The van der Waals surface area contributed by atoms with Gasteiger partial charge in [0.05, 0.1) is 5.69 Å². The molecule has 0 aliphatic heterocycles. The van der Waals surface area contributed by atoms with E-state index in [2.05, 4.69) is 48.6 Å². The van der Waals surface area contributed by atoms with Crippen LogP contribution in [0, 0.1) is 5.82 Å². The number of nitrogens with one attached hydrogen (secondary N) is 3. The highest BCUT2D eigenvalue weighted by atomic mass is 32.1. The Balaban J connectivity index is 1.39. The average Bonchev–Trinajstić information content (AvgIpc) is 3.52. The highest BCUT2D eigenvalue weighted by Crippen LogP contribution is 2.29. The number of hydrogen-bond acceptors (Lipinski definition) is 7. The normalized spacial score (nSPS) is 11.5. The maximum absolute atomic E-state index is 14.6. The molecule has 2 aromatic carbocycles. The Morgan fingerprint density at radius 1 is 1.12 bits per heavy atom. The van der Waals surface area contributed by atoms with E-state index in [1.54, 1.807) is 55.1 Å². The van der Waals surface area contributed by atoms with Crippen LogP contribution in [0.5, 0.6) is 0 Å². The third-order valence-electron chi connectivity index (χ3n) is 5.24. The van der Waals surface area contributed by atoms with Gasteiger partial charge in [0.2, 0.25) is 0 Å². The number of aromatic nitrogens is 4. The quantitative estimate of drug-likeness (QED) is 0.195. The molecule has 5 aromatic rings. The zero-order valence-corrected chi connectivity index (χ0v) is 19.0. The van der Waals surface area contributed by atoms with Crippen molar-refractivity contribution in [3.8, 4) is 22.1 Å². The summed E-state index contributed by atoms with van der Waals surface area (Å²) in [5, 5.41) is 10.7. The van der Waals surface area contributed by atoms with Crippen LogP contribution < -0.4 is 10.7 Å². The Bertz CT molecular complexity index is 1510. The van der Waals surface area contributed by atoms with Crippen LogP contribution in [0.4, 0.5) is 15.9 Å². The van der Waals surface area contributed by atoms with Gasteiger partial charge in [-0.15, -0.1) is 11.3 Å². The molecule has 0 aliphatic rings. The van der Waals surface area contributed by atoms with E-state index in [0.29, 0.717) is 28.5 Å². The maximum Gasteiger partial charge on any atom is 0.161 e. The van der Waals surface area contributed by atoms with Crippen molar-refractivity contribution in [2.24, 2.45) is 5.10 Å². The molecule has 3 N–H and O–H groups in total. The van der Waals surface area contributed by atoms with Gasteiger partial charge in [-0.25, -0.2) is 19.3 Å². The predicted octanol–water partition coefficient (Wildman–Crippen LogP) is 6.20. The summed E-state index contributed by atoms with van der Waals surface area (Å²) in [6, 6.07) is 14.8. The monoisotopic (exact) mass is 469 g/mol. The van der Waals surface area contributed by atoms with Crippen molar-refractivity contribution in [3.63, 3.8) is 0 Å². The fourth-order valence-corrected chi connectivity index (χ4v) is 4.20. The summed E-state index contributed by atoms with van der Waals surface area (Å²) in [4.78, 5) is 16.8. The minimum atomic E-state index is -0.355. The topological polar surface area (TPSA) is 90.9 Å². The average molecular weight is 470 g/mol. The van der Waals surface area contributed by atoms with Crippen LogP contribution in [-0.2, 0) is 0 Å². The van der Waals surface area contributed by atoms with Crippen LogP contribution in [0.15, 0.2) is 77.6 Å². The molecule has 0 bridgehead atoms. The Hall–Kier alpha value is -4.37. The lowest BCUT2D eigenvalue weighted by molar-refractivity contribution is 0.624. The molecule has 0 amide bonds. The van der Waals surface area contributed by atoms with Crippen molar-refractivity contribution >= 4 is 46.0 Å². The molecular weight excluding hydrogens is 449 g/mol. The van der Waals surface area contributed by atoms with E-state index in [0.717, 1.165) is 27.2 Å².